The summed E-state index contributed by atoms with van der Waals surface area (Å²) in [4.78, 5) is 28.9. The zero-order chi connectivity index (χ0) is 21.4. The van der Waals surface area contributed by atoms with Gasteiger partial charge in [-0.05, 0) is 37.3 Å². The molecule has 4 rings (SSSR count). The molecule has 1 amide bonds. The molecule has 0 atom stereocenters. The van der Waals surface area contributed by atoms with Crippen molar-refractivity contribution in [3.63, 3.8) is 0 Å². The van der Waals surface area contributed by atoms with Crippen LogP contribution in [0.2, 0.25) is 5.02 Å². The third-order valence-electron chi connectivity index (χ3n) is 4.61. The van der Waals surface area contributed by atoms with Crippen molar-refractivity contribution in [3.8, 4) is 11.3 Å². The number of aryl methyl sites for hydroxylation is 1. The van der Waals surface area contributed by atoms with Crippen LogP contribution in [0.15, 0.2) is 48.7 Å². The van der Waals surface area contributed by atoms with E-state index in [-0.39, 0.29) is 28.6 Å². The van der Waals surface area contributed by atoms with E-state index in [0.717, 1.165) is 32.9 Å². The highest BCUT2D eigenvalue weighted by atomic mass is 35.5. The van der Waals surface area contributed by atoms with Crippen LogP contribution in [0, 0.1) is 22.9 Å². The number of nitro groups is 1. The second kappa shape index (κ2) is 7.85. The molecule has 0 bridgehead atoms. The molecule has 152 valence electrons. The lowest BCUT2D eigenvalue weighted by Gasteiger charge is -2.06. The second-order valence-electron chi connectivity index (χ2n) is 6.50. The Morgan fingerprint density at radius 1 is 1.30 bits per heavy atom. The van der Waals surface area contributed by atoms with Crippen LogP contribution in [0.5, 0.6) is 0 Å². The van der Waals surface area contributed by atoms with E-state index in [1.165, 1.54) is 35.6 Å². The molecule has 0 aliphatic rings. The predicted molar refractivity (Wildman–Crippen MR) is 112 cm³/mol. The topological polar surface area (TPSA) is 89.5 Å². The molecule has 7 nitrogen and oxygen atoms in total. The predicted octanol–water partition coefficient (Wildman–Crippen LogP) is 5.00. The number of carbonyl (C=O) groups is 1. The summed E-state index contributed by atoms with van der Waals surface area (Å²) in [6.45, 7) is 2.18. The average molecular weight is 445 g/mol. The number of hydrogen-bond acceptors (Lipinski definition) is 5. The number of hydrogen-bond donors (Lipinski definition) is 1. The molecule has 0 fully saturated rings. The normalized spacial score (nSPS) is 11.0. The summed E-state index contributed by atoms with van der Waals surface area (Å²) >= 11 is 7.44. The number of amides is 1. The van der Waals surface area contributed by atoms with Gasteiger partial charge in [-0.1, -0.05) is 22.9 Å². The van der Waals surface area contributed by atoms with Gasteiger partial charge in [-0.25, -0.2) is 9.37 Å². The average Bonchev–Trinajstić information content (AvgIpc) is 3.26. The quantitative estimate of drug-likeness (QED) is 0.346. The number of benzene rings is 2. The van der Waals surface area contributed by atoms with Crippen LogP contribution in [-0.4, -0.2) is 20.2 Å². The second-order valence-corrected chi connectivity index (χ2v) is 7.97. The Morgan fingerprint density at radius 2 is 2.03 bits per heavy atom. The fourth-order valence-electron chi connectivity index (χ4n) is 2.98. The van der Waals surface area contributed by atoms with Crippen molar-refractivity contribution >= 4 is 39.5 Å². The molecule has 0 spiro atoms. The van der Waals surface area contributed by atoms with Crippen LogP contribution in [0.3, 0.4) is 0 Å². The number of carbonyl (C=O) groups excluding carboxylic acids is 1. The Balaban J connectivity index is 1.51. The fraction of sp³-hybridized carbons (Fsp3) is 0.100. The molecule has 4 aromatic rings. The molecular formula is C20H14ClFN4O3S. The highest BCUT2D eigenvalue weighted by Crippen LogP contribution is 2.28. The summed E-state index contributed by atoms with van der Waals surface area (Å²) in [5.41, 5.74) is 2.46. The molecule has 0 radical (unpaired) electrons. The van der Waals surface area contributed by atoms with Crippen molar-refractivity contribution in [1.82, 2.24) is 14.7 Å². The molecule has 30 heavy (non-hydrogen) atoms. The molecule has 0 aliphatic carbocycles. The van der Waals surface area contributed by atoms with Gasteiger partial charge in [0.25, 0.3) is 11.6 Å². The molecule has 0 aliphatic heterocycles. The SMILES string of the molecule is Cc1c(CNC(=O)c2ccc([N+](=O)[O-])cc2Cl)sc2nc(-c3ccc(F)cc3)cn12. The number of nitro benzene ring substituents is 1. The molecule has 2 aromatic carbocycles. The van der Waals surface area contributed by atoms with Crippen molar-refractivity contribution < 1.29 is 14.1 Å². The van der Waals surface area contributed by atoms with Crippen molar-refractivity contribution in [2.24, 2.45) is 0 Å². The number of fused-ring (bicyclic) bond motifs is 1. The Bertz CT molecular complexity index is 1280. The van der Waals surface area contributed by atoms with E-state index in [9.17, 15) is 19.3 Å². The van der Waals surface area contributed by atoms with Crippen LogP contribution in [0.25, 0.3) is 16.2 Å². The maximum atomic E-state index is 13.1. The monoisotopic (exact) mass is 444 g/mol. The van der Waals surface area contributed by atoms with E-state index in [1.807, 2.05) is 17.5 Å². The van der Waals surface area contributed by atoms with Crippen molar-refractivity contribution in [1.29, 1.82) is 0 Å². The Hall–Kier alpha value is -3.30. The third kappa shape index (κ3) is 3.77. The molecule has 1 N–H and O–H groups in total. The van der Waals surface area contributed by atoms with Gasteiger partial charge in [0.05, 0.1) is 27.7 Å². The number of imidazole rings is 1. The highest BCUT2D eigenvalue weighted by Gasteiger charge is 2.17. The Labute approximate surface area is 178 Å². The maximum absolute atomic E-state index is 13.1. The van der Waals surface area contributed by atoms with Gasteiger partial charge >= 0.3 is 0 Å². The zero-order valence-corrected chi connectivity index (χ0v) is 17.1. The van der Waals surface area contributed by atoms with E-state index in [2.05, 4.69) is 10.3 Å². The zero-order valence-electron chi connectivity index (χ0n) is 15.6. The first kappa shape index (κ1) is 20.0. The van der Waals surface area contributed by atoms with E-state index >= 15 is 0 Å². The number of halogens is 2. The Kier molecular flexibility index (Phi) is 5.23. The van der Waals surface area contributed by atoms with Gasteiger partial charge in [0.15, 0.2) is 4.96 Å². The van der Waals surface area contributed by atoms with Crippen molar-refractivity contribution in [2.45, 2.75) is 13.5 Å². The summed E-state index contributed by atoms with van der Waals surface area (Å²) < 4.78 is 15.0. The number of aromatic nitrogens is 2. The number of rotatable bonds is 5. The van der Waals surface area contributed by atoms with Crippen LogP contribution >= 0.6 is 22.9 Å². The minimum atomic E-state index is -0.571. The van der Waals surface area contributed by atoms with Gasteiger partial charge in [0, 0.05) is 34.5 Å². The summed E-state index contributed by atoms with van der Waals surface area (Å²) in [6, 6.07) is 9.84. The lowest BCUT2D eigenvalue weighted by atomic mass is 10.2. The number of nitrogens with zero attached hydrogens (tertiary/aromatic N) is 3. The fourth-order valence-corrected chi connectivity index (χ4v) is 4.28. The van der Waals surface area contributed by atoms with Gasteiger partial charge in [-0.3, -0.25) is 19.3 Å². The van der Waals surface area contributed by atoms with E-state index in [1.54, 1.807) is 12.1 Å². The van der Waals surface area contributed by atoms with E-state index in [0.29, 0.717) is 0 Å². The first-order chi connectivity index (χ1) is 14.3. The number of non-ortho nitro benzene ring substituents is 1. The minimum absolute atomic E-state index is 0.0170. The Morgan fingerprint density at radius 3 is 2.67 bits per heavy atom. The van der Waals surface area contributed by atoms with Crippen molar-refractivity contribution in [3.05, 3.63) is 85.8 Å². The lowest BCUT2D eigenvalue weighted by molar-refractivity contribution is -0.384. The summed E-state index contributed by atoms with van der Waals surface area (Å²) in [5.74, 6) is -0.727. The molecule has 0 unspecified atom stereocenters. The molecular weight excluding hydrogens is 431 g/mol. The lowest BCUT2D eigenvalue weighted by Crippen LogP contribution is -2.23. The largest absolute Gasteiger partial charge is 0.347 e. The molecule has 2 heterocycles. The van der Waals surface area contributed by atoms with E-state index in [4.69, 9.17) is 11.6 Å². The number of thiazole rings is 1. The van der Waals surface area contributed by atoms with Gasteiger partial charge in [-0.15, -0.1) is 0 Å². The minimum Gasteiger partial charge on any atom is -0.347 e. The molecule has 0 saturated carbocycles. The van der Waals surface area contributed by atoms with Gasteiger partial charge in [0.2, 0.25) is 0 Å². The number of nitrogens with one attached hydrogen (secondary N) is 1. The first-order valence-electron chi connectivity index (χ1n) is 8.79. The first-order valence-corrected chi connectivity index (χ1v) is 9.98. The van der Waals surface area contributed by atoms with Gasteiger partial charge < -0.3 is 5.32 Å². The smallest absolute Gasteiger partial charge is 0.270 e. The standard InChI is InChI=1S/C20H14ClFN4O3S/c1-11-18(9-23-19(27)15-7-6-14(26(28)29)8-16(15)21)30-20-24-17(10-25(11)20)12-2-4-13(22)5-3-12/h2-8,10H,9H2,1H3,(H,23,27). The van der Waals surface area contributed by atoms with Crippen LogP contribution in [-0.2, 0) is 6.54 Å². The van der Waals surface area contributed by atoms with Gasteiger partial charge in [0.1, 0.15) is 5.82 Å². The summed E-state index contributed by atoms with van der Waals surface area (Å²) in [6.07, 6.45) is 1.87. The van der Waals surface area contributed by atoms with Crippen LogP contribution < -0.4 is 5.32 Å². The van der Waals surface area contributed by atoms with Gasteiger partial charge in [-0.2, -0.15) is 0 Å². The summed E-state index contributed by atoms with van der Waals surface area (Å²) in [5, 5.41) is 13.6. The molecule has 0 saturated heterocycles. The highest BCUT2D eigenvalue weighted by molar-refractivity contribution is 7.17. The maximum Gasteiger partial charge on any atom is 0.270 e. The van der Waals surface area contributed by atoms with E-state index < -0.39 is 10.8 Å². The molecule has 10 heteroatoms. The molecule has 2 aromatic heterocycles. The summed E-state index contributed by atoms with van der Waals surface area (Å²) in [7, 11) is 0. The third-order valence-corrected chi connectivity index (χ3v) is 6.08. The van der Waals surface area contributed by atoms with Crippen LogP contribution in [0.1, 0.15) is 20.9 Å². The van der Waals surface area contributed by atoms with Crippen molar-refractivity contribution in [2.75, 3.05) is 0 Å². The van der Waals surface area contributed by atoms with Crippen LogP contribution in [0.4, 0.5) is 10.1 Å².